The summed E-state index contributed by atoms with van der Waals surface area (Å²) < 4.78 is 27.3. The van der Waals surface area contributed by atoms with Crippen LogP contribution < -0.4 is 10.0 Å². The van der Waals surface area contributed by atoms with E-state index in [1.165, 1.54) is 11.9 Å². The van der Waals surface area contributed by atoms with Crippen molar-refractivity contribution in [1.82, 2.24) is 19.8 Å². The largest absolute Gasteiger partial charge is 0.345 e. The lowest BCUT2D eigenvalue weighted by molar-refractivity contribution is 0.0827. The Bertz CT molecular complexity index is 1480. The Morgan fingerprint density at radius 2 is 1.59 bits per heavy atom. The van der Waals surface area contributed by atoms with Crippen LogP contribution in [0.25, 0.3) is 22.0 Å². The first-order valence-electron chi connectivity index (χ1n) is 10.6. The van der Waals surface area contributed by atoms with E-state index in [1.807, 2.05) is 42.5 Å². The van der Waals surface area contributed by atoms with Crippen molar-refractivity contribution < 1.29 is 13.2 Å². The molecule has 9 heteroatoms. The Hall–Kier alpha value is -3.82. The quantitative estimate of drug-likeness (QED) is 0.437. The molecule has 0 unspecified atom stereocenters. The Morgan fingerprint density at radius 3 is 2.24 bits per heavy atom. The molecule has 0 aliphatic heterocycles. The molecule has 0 fully saturated rings. The average Bonchev–Trinajstić information content (AvgIpc) is 2.84. The van der Waals surface area contributed by atoms with Crippen molar-refractivity contribution in [3.05, 3.63) is 77.9 Å². The van der Waals surface area contributed by atoms with Gasteiger partial charge in [0.25, 0.3) is 5.91 Å². The molecule has 4 rings (SSSR count). The number of carbonyl (C=O) groups excluding carboxylic acids is 1. The summed E-state index contributed by atoms with van der Waals surface area (Å²) in [4.78, 5) is 13.9. The van der Waals surface area contributed by atoms with Gasteiger partial charge in [0.15, 0.2) is 5.82 Å². The van der Waals surface area contributed by atoms with E-state index >= 15 is 0 Å². The van der Waals surface area contributed by atoms with Gasteiger partial charge in [0, 0.05) is 41.7 Å². The second kappa shape index (κ2) is 9.20. The van der Waals surface area contributed by atoms with Gasteiger partial charge in [-0.25, -0.2) is 13.1 Å². The number of hydrogen-bond acceptors (Lipinski definition) is 6. The minimum absolute atomic E-state index is 0.0705. The lowest BCUT2D eigenvalue weighted by atomic mass is 10.0. The standard InChI is InChI=1S/C25H25N5O3S/c1-16-9-10-18(15-22(16)34(32,33)26-2)23-20-7-5-6-8-21(20)24(29-28-23)27-19-13-11-17(12-14-19)25(31)30(3)4/h5-15,26H,1-4H3,(H,27,29). The van der Waals surface area contributed by atoms with Crippen molar-refractivity contribution >= 4 is 38.2 Å². The maximum atomic E-state index is 12.4. The smallest absolute Gasteiger partial charge is 0.253 e. The third-order valence-corrected chi connectivity index (χ3v) is 7.06. The van der Waals surface area contributed by atoms with E-state index < -0.39 is 10.0 Å². The van der Waals surface area contributed by atoms with E-state index in [0.29, 0.717) is 28.2 Å². The normalized spacial score (nSPS) is 11.4. The maximum Gasteiger partial charge on any atom is 0.253 e. The molecule has 0 saturated carbocycles. The summed E-state index contributed by atoms with van der Waals surface area (Å²) in [5.41, 5.74) is 3.24. The van der Waals surface area contributed by atoms with Crippen LogP contribution in [0.4, 0.5) is 11.5 Å². The summed E-state index contributed by atoms with van der Waals surface area (Å²) in [5, 5.41) is 13.8. The molecule has 34 heavy (non-hydrogen) atoms. The van der Waals surface area contributed by atoms with Crippen LogP contribution in [-0.4, -0.2) is 50.6 Å². The fourth-order valence-electron chi connectivity index (χ4n) is 3.65. The van der Waals surface area contributed by atoms with Gasteiger partial charge in [0.2, 0.25) is 10.0 Å². The number of amides is 1. The third kappa shape index (κ3) is 4.48. The van der Waals surface area contributed by atoms with Crippen molar-refractivity contribution in [2.75, 3.05) is 26.5 Å². The van der Waals surface area contributed by atoms with Crippen molar-refractivity contribution in [2.45, 2.75) is 11.8 Å². The highest BCUT2D eigenvalue weighted by molar-refractivity contribution is 7.89. The molecule has 0 aliphatic rings. The second-order valence-corrected chi connectivity index (χ2v) is 9.89. The molecule has 1 heterocycles. The van der Waals surface area contributed by atoms with Crippen LogP contribution in [0.3, 0.4) is 0 Å². The number of sulfonamides is 1. The monoisotopic (exact) mass is 475 g/mol. The molecule has 0 radical (unpaired) electrons. The molecule has 0 spiro atoms. The van der Waals surface area contributed by atoms with Crippen LogP contribution >= 0.6 is 0 Å². The zero-order chi connectivity index (χ0) is 24.5. The van der Waals surface area contributed by atoms with E-state index in [4.69, 9.17) is 0 Å². The topological polar surface area (TPSA) is 104 Å². The van der Waals surface area contributed by atoms with Crippen LogP contribution in [0, 0.1) is 6.92 Å². The van der Waals surface area contributed by atoms with E-state index in [1.54, 1.807) is 45.3 Å². The summed E-state index contributed by atoms with van der Waals surface area (Å²) >= 11 is 0. The fraction of sp³-hybridized carbons (Fsp3) is 0.160. The lowest BCUT2D eigenvalue weighted by Crippen LogP contribution is -2.21. The predicted molar refractivity (Wildman–Crippen MR) is 134 cm³/mol. The van der Waals surface area contributed by atoms with Crippen LogP contribution in [0.2, 0.25) is 0 Å². The van der Waals surface area contributed by atoms with Gasteiger partial charge in [-0.15, -0.1) is 10.2 Å². The van der Waals surface area contributed by atoms with Crippen molar-refractivity contribution in [3.63, 3.8) is 0 Å². The zero-order valence-corrected chi connectivity index (χ0v) is 20.1. The minimum Gasteiger partial charge on any atom is -0.345 e. The lowest BCUT2D eigenvalue weighted by Gasteiger charge is -2.14. The molecule has 174 valence electrons. The van der Waals surface area contributed by atoms with Gasteiger partial charge in [0.05, 0.1) is 4.90 Å². The van der Waals surface area contributed by atoms with E-state index in [2.05, 4.69) is 20.2 Å². The molecule has 3 aromatic carbocycles. The fourth-order valence-corrected chi connectivity index (χ4v) is 4.64. The number of aryl methyl sites for hydroxylation is 1. The van der Waals surface area contributed by atoms with Crippen molar-refractivity contribution in [1.29, 1.82) is 0 Å². The Labute approximate surface area is 198 Å². The molecule has 4 aromatic rings. The summed E-state index contributed by atoms with van der Waals surface area (Å²) in [7, 11) is 1.20. The maximum absolute atomic E-state index is 12.4. The van der Waals surface area contributed by atoms with E-state index in [0.717, 1.165) is 16.5 Å². The first kappa shape index (κ1) is 23.3. The molecule has 0 atom stereocenters. The average molecular weight is 476 g/mol. The van der Waals surface area contributed by atoms with Gasteiger partial charge in [-0.2, -0.15) is 0 Å². The second-order valence-electron chi connectivity index (χ2n) is 8.03. The highest BCUT2D eigenvalue weighted by Gasteiger charge is 2.18. The molecular formula is C25H25N5O3S. The Morgan fingerprint density at radius 1 is 0.912 bits per heavy atom. The van der Waals surface area contributed by atoms with Gasteiger partial charge in [-0.1, -0.05) is 36.4 Å². The van der Waals surface area contributed by atoms with Gasteiger partial charge < -0.3 is 10.2 Å². The summed E-state index contributed by atoms with van der Waals surface area (Å²) in [6.07, 6.45) is 0. The number of rotatable bonds is 6. The number of fused-ring (bicyclic) bond motifs is 1. The highest BCUT2D eigenvalue weighted by atomic mass is 32.2. The summed E-state index contributed by atoms with van der Waals surface area (Å²) in [6, 6.07) is 20.0. The summed E-state index contributed by atoms with van der Waals surface area (Å²) in [6.45, 7) is 1.75. The molecule has 0 bridgehead atoms. The molecule has 2 N–H and O–H groups in total. The first-order valence-corrected chi connectivity index (χ1v) is 12.1. The van der Waals surface area contributed by atoms with Crippen LogP contribution in [0.1, 0.15) is 15.9 Å². The molecule has 1 amide bonds. The molecule has 0 aliphatic carbocycles. The van der Waals surface area contributed by atoms with Crippen LogP contribution in [0.15, 0.2) is 71.6 Å². The minimum atomic E-state index is -3.61. The van der Waals surface area contributed by atoms with Crippen molar-refractivity contribution in [3.8, 4) is 11.3 Å². The number of carbonyl (C=O) groups is 1. The first-order chi connectivity index (χ1) is 16.2. The SMILES string of the molecule is CNS(=O)(=O)c1cc(-c2nnc(Nc3ccc(C(=O)N(C)C)cc3)c3ccccc23)ccc1C. The molecule has 1 aromatic heterocycles. The van der Waals surface area contributed by atoms with Crippen LogP contribution in [-0.2, 0) is 10.0 Å². The van der Waals surface area contributed by atoms with Gasteiger partial charge in [-0.3, -0.25) is 4.79 Å². The van der Waals surface area contributed by atoms with Gasteiger partial charge in [0.1, 0.15) is 5.69 Å². The summed E-state index contributed by atoms with van der Waals surface area (Å²) in [5.74, 6) is 0.486. The Balaban J connectivity index is 1.75. The zero-order valence-electron chi connectivity index (χ0n) is 19.3. The molecule has 8 nitrogen and oxygen atoms in total. The van der Waals surface area contributed by atoms with E-state index in [-0.39, 0.29) is 10.8 Å². The number of nitrogens with one attached hydrogen (secondary N) is 2. The number of hydrogen-bond donors (Lipinski definition) is 2. The number of aromatic nitrogens is 2. The Kier molecular flexibility index (Phi) is 6.32. The molecular weight excluding hydrogens is 450 g/mol. The molecule has 0 saturated heterocycles. The third-order valence-electron chi connectivity index (χ3n) is 5.51. The number of anilines is 2. The van der Waals surface area contributed by atoms with Gasteiger partial charge >= 0.3 is 0 Å². The highest BCUT2D eigenvalue weighted by Crippen LogP contribution is 2.32. The number of nitrogens with zero attached hydrogens (tertiary/aromatic N) is 3. The predicted octanol–water partition coefficient (Wildman–Crippen LogP) is 3.96. The van der Waals surface area contributed by atoms with Crippen molar-refractivity contribution in [2.24, 2.45) is 0 Å². The van der Waals surface area contributed by atoms with Gasteiger partial charge in [-0.05, 0) is 49.9 Å². The van der Waals surface area contributed by atoms with E-state index in [9.17, 15) is 13.2 Å². The number of benzene rings is 3. The van der Waals surface area contributed by atoms with Crippen LogP contribution in [0.5, 0.6) is 0 Å².